The molecular formula is C30H29NO. The Morgan fingerprint density at radius 3 is 1.72 bits per heavy atom. The number of aliphatic imine (C=N–C) groups is 1. The summed E-state index contributed by atoms with van der Waals surface area (Å²) in [7, 11) is 0. The number of phenols is 1. The third-order valence-corrected chi connectivity index (χ3v) is 6.00. The molecule has 0 amide bonds. The van der Waals surface area contributed by atoms with Crippen molar-refractivity contribution >= 4 is 6.21 Å². The Bertz CT molecular complexity index is 1160. The van der Waals surface area contributed by atoms with Gasteiger partial charge in [-0.1, -0.05) is 91.0 Å². The van der Waals surface area contributed by atoms with E-state index in [1.807, 2.05) is 50.2 Å². The third-order valence-electron chi connectivity index (χ3n) is 6.00. The maximum absolute atomic E-state index is 11.5. The summed E-state index contributed by atoms with van der Waals surface area (Å²) in [5.41, 5.74) is 5.46. The van der Waals surface area contributed by atoms with Crippen molar-refractivity contribution in [3.05, 3.63) is 125 Å². The zero-order chi connectivity index (χ0) is 22.6. The molecule has 0 bridgehead atoms. The quantitative estimate of drug-likeness (QED) is 0.259. The van der Waals surface area contributed by atoms with Crippen molar-refractivity contribution in [2.75, 3.05) is 0 Å². The fourth-order valence-corrected chi connectivity index (χ4v) is 4.18. The Morgan fingerprint density at radius 1 is 0.719 bits per heavy atom. The third kappa shape index (κ3) is 4.22. The molecule has 0 saturated heterocycles. The molecule has 4 aromatic rings. The van der Waals surface area contributed by atoms with Crippen LogP contribution in [0.3, 0.4) is 0 Å². The van der Waals surface area contributed by atoms with Gasteiger partial charge in [0.25, 0.3) is 0 Å². The maximum atomic E-state index is 11.5. The molecule has 0 heterocycles. The molecule has 0 aliphatic heterocycles. The van der Waals surface area contributed by atoms with Gasteiger partial charge in [-0.3, -0.25) is 4.99 Å². The lowest BCUT2D eigenvalue weighted by Gasteiger charge is -2.33. The average molecular weight is 420 g/mol. The summed E-state index contributed by atoms with van der Waals surface area (Å²) in [4.78, 5) is 4.57. The highest BCUT2D eigenvalue weighted by Gasteiger charge is 2.34. The van der Waals surface area contributed by atoms with Crippen molar-refractivity contribution in [3.63, 3.8) is 0 Å². The van der Waals surface area contributed by atoms with Gasteiger partial charge in [-0.25, -0.2) is 0 Å². The lowest BCUT2D eigenvalue weighted by molar-refractivity contribution is 0.456. The van der Waals surface area contributed by atoms with Gasteiger partial charge in [-0.05, 0) is 55.2 Å². The van der Waals surface area contributed by atoms with E-state index in [-0.39, 0.29) is 11.8 Å². The van der Waals surface area contributed by atoms with Crippen molar-refractivity contribution in [1.29, 1.82) is 0 Å². The van der Waals surface area contributed by atoms with Crippen molar-refractivity contribution in [3.8, 4) is 16.9 Å². The molecule has 32 heavy (non-hydrogen) atoms. The first-order valence-electron chi connectivity index (χ1n) is 11.1. The summed E-state index contributed by atoms with van der Waals surface area (Å²) in [6.45, 7) is 6.26. The van der Waals surface area contributed by atoms with Crippen LogP contribution in [0.2, 0.25) is 0 Å². The van der Waals surface area contributed by atoms with Gasteiger partial charge in [-0.2, -0.15) is 0 Å². The number of benzene rings is 4. The lowest BCUT2D eigenvalue weighted by Crippen LogP contribution is -2.26. The zero-order valence-corrected chi connectivity index (χ0v) is 18.9. The molecule has 0 spiro atoms. The Kier molecular flexibility index (Phi) is 6.23. The Labute approximate surface area is 190 Å². The Morgan fingerprint density at radius 2 is 1.22 bits per heavy atom. The van der Waals surface area contributed by atoms with Crippen LogP contribution in [0.25, 0.3) is 11.1 Å². The number of phenolic OH excluding ortho intramolecular Hbond substituents is 1. The first kappa shape index (κ1) is 21.6. The molecule has 0 unspecified atom stereocenters. The van der Waals surface area contributed by atoms with E-state index in [2.05, 4.69) is 78.6 Å². The lowest BCUT2D eigenvalue weighted by atomic mass is 9.70. The predicted molar refractivity (Wildman–Crippen MR) is 135 cm³/mol. The minimum Gasteiger partial charge on any atom is -0.507 e. The standard InChI is InChI=1S/C30H29NO/c1-22(2)31-21-25-19-24(23-13-7-4-8-14-23)20-28(29(25)32)30(3,26-15-9-5-10-16-26)27-17-11-6-12-18-27/h4-22,32H,1-3H3. The van der Waals surface area contributed by atoms with Crippen LogP contribution in [0, 0.1) is 0 Å². The van der Waals surface area contributed by atoms with Crippen molar-refractivity contribution in [2.24, 2.45) is 4.99 Å². The minimum atomic E-state index is -0.544. The first-order chi connectivity index (χ1) is 15.5. The van der Waals surface area contributed by atoms with E-state index >= 15 is 0 Å². The number of hydrogen-bond donors (Lipinski definition) is 1. The normalized spacial score (nSPS) is 11.9. The summed E-state index contributed by atoms with van der Waals surface area (Å²) in [6, 6.07) is 35.4. The van der Waals surface area contributed by atoms with Gasteiger partial charge in [0.15, 0.2) is 0 Å². The Balaban J connectivity index is 2.04. The first-order valence-corrected chi connectivity index (χ1v) is 11.1. The predicted octanol–water partition coefficient (Wildman–Crippen LogP) is 7.24. The molecule has 0 aliphatic carbocycles. The molecule has 0 radical (unpaired) electrons. The molecule has 4 aromatic carbocycles. The highest BCUT2D eigenvalue weighted by atomic mass is 16.3. The summed E-state index contributed by atoms with van der Waals surface area (Å²) in [5.74, 6) is 0.268. The summed E-state index contributed by atoms with van der Waals surface area (Å²) in [6.07, 6.45) is 1.80. The van der Waals surface area contributed by atoms with Crippen LogP contribution in [0.15, 0.2) is 108 Å². The molecule has 4 rings (SSSR count). The van der Waals surface area contributed by atoms with Crippen LogP contribution >= 0.6 is 0 Å². The fourth-order valence-electron chi connectivity index (χ4n) is 4.18. The van der Waals surface area contributed by atoms with Crippen LogP contribution in [0.1, 0.15) is 43.0 Å². The van der Waals surface area contributed by atoms with E-state index in [9.17, 15) is 5.11 Å². The smallest absolute Gasteiger partial charge is 0.128 e. The highest BCUT2D eigenvalue weighted by Crippen LogP contribution is 2.45. The second-order valence-corrected chi connectivity index (χ2v) is 8.56. The summed E-state index contributed by atoms with van der Waals surface area (Å²) >= 11 is 0. The highest BCUT2D eigenvalue weighted by molar-refractivity contribution is 5.88. The monoisotopic (exact) mass is 419 g/mol. The Hall–Kier alpha value is -3.65. The molecule has 2 heteroatoms. The summed E-state index contributed by atoms with van der Waals surface area (Å²) in [5, 5.41) is 11.5. The minimum absolute atomic E-state index is 0.146. The molecule has 0 aromatic heterocycles. The molecule has 0 fully saturated rings. The van der Waals surface area contributed by atoms with Crippen LogP contribution in [0.5, 0.6) is 5.75 Å². The van der Waals surface area contributed by atoms with Crippen molar-refractivity contribution < 1.29 is 5.11 Å². The molecule has 0 atom stereocenters. The number of rotatable bonds is 6. The molecule has 160 valence electrons. The van der Waals surface area contributed by atoms with E-state index in [1.54, 1.807) is 6.21 Å². The molecule has 2 nitrogen and oxygen atoms in total. The summed E-state index contributed by atoms with van der Waals surface area (Å²) < 4.78 is 0. The van der Waals surface area contributed by atoms with E-state index < -0.39 is 5.41 Å². The number of aromatic hydroxyl groups is 1. The maximum Gasteiger partial charge on any atom is 0.128 e. The van der Waals surface area contributed by atoms with Gasteiger partial charge in [0.2, 0.25) is 0 Å². The second kappa shape index (κ2) is 9.23. The van der Waals surface area contributed by atoms with Gasteiger partial charge < -0.3 is 5.11 Å². The van der Waals surface area contributed by atoms with Crippen molar-refractivity contribution in [1.82, 2.24) is 0 Å². The molecule has 1 N–H and O–H groups in total. The van der Waals surface area contributed by atoms with E-state index in [4.69, 9.17) is 0 Å². The molecular weight excluding hydrogens is 390 g/mol. The van der Waals surface area contributed by atoms with Gasteiger partial charge in [0, 0.05) is 28.8 Å². The molecule has 0 aliphatic rings. The molecule has 0 saturated carbocycles. The SMILES string of the molecule is CC(C)N=Cc1cc(-c2ccccc2)cc(C(C)(c2ccccc2)c2ccccc2)c1O. The zero-order valence-electron chi connectivity index (χ0n) is 18.9. The van der Waals surface area contributed by atoms with Gasteiger partial charge in [-0.15, -0.1) is 0 Å². The van der Waals surface area contributed by atoms with Gasteiger partial charge in [0.05, 0.1) is 0 Å². The van der Waals surface area contributed by atoms with Crippen LogP contribution in [-0.4, -0.2) is 17.4 Å². The van der Waals surface area contributed by atoms with Crippen LogP contribution in [0.4, 0.5) is 0 Å². The van der Waals surface area contributed by atoms with E-state index in [0.29, 0.717) is 0 Å². The number of nitrogens with zero attached hydrogens (tertiary/aromatic N) is 1. The second-order valence-electron chi connectivity index (χ2n) is 8.56. The van der Waals surface area contributed by atoms with Crippen LogP contribution < -0.4 is 0 Å². The van der Waals surface area contributed by atoms with Gasteiger partial charge in [0.1, 0.15) is 5.75 Å². The average Bonchev–Trinajstić information content (AvgIpc) is 2.84. The number of hydrogen-bond acceptors (Lipinski definition) is 2. The fraction of sp³-hybridized carbons (Fsp3) is 0.167. The van der Waals surface area contributed by atoms with Crippen LogP contribution in [-0.2, 0) is 5.41 Å². The van der Waals surface area contributed by atoms with E-state index in [1.165, 1.54) is 0 Å². The van der Waals surface area contributed by atoms with E-state index in [0.717, 1.165) is 33.4 Å². The van der Waals surface area contributed by atoms with Crippen molar-refractivity contribution in [2.45, 2.75) is 32.2 Å². The largest absolute Gasteiger partial charge is 0.507 e. The van der Waals surface area contributed by atoms with Gasteiger partial charge >= 0.3 is 0 Å². The topological polar surface area (TPSA) is 32.6 Å².